The van der Waals surface area contributed by atoms with E-state index in [1.807, 2.05) is 37.3 Å². The maximum Gasteiger partial charge on any atom is 0.406 e. The lowest BCUT2D eigenvalue weighted by Crippen LogP contribution is -2.52. The number of anilines is 1. The van der Waals surface area contributed by atoms with Crippen molar-refractivity contribution in [3.05, 3.63) is 42.2 Å². The van der Waals surface area contributed by atoms with Gasteiger partial charge in [-0.15, -0.1) is 0 Å². The van der Waals surface area contributed by atoms with Crippen LogP contribution in [0, 0.1) is 0 Å². The van der Waals surface area contributed by atoms with Crippen molar-refractivity contribution in [2.24, 2.45) is 5.73 Å². The third kappa shape index (κ3) is 7.98. The van der Waals surface area contributed by atoms with E-state index in [0.29, 0.717) is 11.9 Å². The standard InChI is InChI=1S/C29H44N7O8P/c1-7-8-14-20(19-12-10-9-11-13-19)44-45(39,35-18(4)26(38)42-17(2)3)41-15-21-23(37)29(5,31)27(43-21)36-16-32-22-24(36)33-28(30)34-25(22)40-6/h9-13,16-18,20-21,23,27,37H,7-8,14-15,31H2,1-6H3,(H,35,39)(H2,30,33,34)/t18-,20?,21+,23+,27+,29+,45?/m0/s1. The summed E-state index contributed by atoms with van der Waals surface area (Å²) in [6, 6.07) is 8.29. The van der Waals surface area contributed by atoms with Gasteiger partial charge in [-0.1, -0.05) is 50.1 Å². The molecule has 2 aromatic heterocycles. The van der Waals surface area contributed by atoms with E-state index < -0.39 is 56.4 Å². The van der Waals surface area contributed by atoms with Crippen LogP contribution in [0.5, 0.6) is 5.88 Å². The van der Waals surface area contributed by atoms with E-state index in [9.17, 15) is 14.5 Å². The molecular formula is C29H44N7O8P. The normalized spacial score (nSPS) is 24.4. The van der Waals surface area contributed by atoms with Gasteiger partial charge in [-0.2, -0.15) is 9.97 Å². The Bertz CT molecular complexity index is 1490. The fourth-order valence-electron chi connectivity index (χ4n) is 5.05. The molecule has 3 heterocycles. The molecule has 1 saturated heterocycles. The van der Waals surface area contributed by atoms with Crippen LogP contribution in [0.25, 0.3) is 11.2 Å². The van der Waals surface area contributed by atoms with Gasteiger partial charge in [-0.3, -0.25) is 18.4 Å². The highest BCUT2D eigenvalue weighted by Crippen LogP contribution is 2.51. The van der Waals surface area contributed by atoms with Crippen LogP contribution in [-0.4, -0.2) is 74.2 Å². The number of unbranched alkanes of at least 4 members (excludes halogenated alkanes) is 1. The number of methoxy groups -OCH3 is 1. The first-order chi connectivity index (χ1) is 21.3. The number of carbonyl (C=O) groups excluding carboxylic acids is 1. The number of ether oxygens (including phenoxy) is 3. The molecule has 248 valence electrons. The van der Waals surface area contributed by atoms with Crippen LogP contribution < -0.4 is 21.3 Å². The summed E-state index contributed by atoms with van der Waals surface area (Å²) in [5.41, 5.74) is 12.5. The minimum Gasteiger partial charge on any atom is -0.479 e. The summed E-state index contributed by atoms with van der Waals surface area (Å²) < 4.78 is 44.8. The van der Waals surface area contributed by atoms with Crippen molar-refractivity contribution in [3.8, 4) is 5.88 Å². The van der Waals surface area contributed by atoms with Crippen molar-refractivity contribution in [1.29, 1.82) is 0 Å². The van der Waals surface area contributed by atoms with Crippen molar-refractivity contribution in [2.75, 3.05) is 19.5 Å². The Hall–Kier alpha value is -3.17. The number of fused-ring (bicyclic) bond motifs is 1. The Morgan fingerprint density at radius 3 is 2.60 bits per heavy atom. The van der Waals surface area contributed by atoms with Crippen molar-refractivity contribution >= 4 is 30.8 Å². The first-order valence-corrected chi connectivity index (χ1v) is 16.5. The maximum absolute atomic E-state index is 14.4. The van der Waals surface area contributed by atoms with E-state index in [0.717, 1.165) is 18.4 Å². The Morgan fingerprint density at radius 1 is 1.24 bits per heavy atom. The number of imidazole rings is 1. The molecule has 16 heteroatoms. The Kier molecular flexibility index (Phi) is 11.2. The van der Waals surface area contributed by atoms with Gasteiger partial charge in [0.1, 0.15) is 18.2 Å². The molecule has 3 aromatic rings. The molecule has 6 N–H and O–H groups in total. The predicted octanol–water partition coefficient (Wildman–Crippen LogP) is 3.40. The van der Waals surface area contributed by atoms with Crippen LogP contribution in [0.1, 0.15) is 71.8 Å². The molecular weight excluding hydrogens is 605 g/mol. The van der Waals surface area contributed by atoms with Gasteiger partial charge >= 0.3 is 13.7 Å². The number of hydrogen-bond acceptors (Lipinski definition) is 13. The second kappa shape index (κ2) is 14.5. The van der Waals surface area contributed by atoms with Crippen molar-refractivity contribution < 1.29 is 37.7 Å². The monoisotopic (exact) mass is 649 g/mol. The lowest BCUT2D eigenvalue weighted by molar-refractivity contribution is -0.149. The highest BCUT2D eigenvalue weighted by Gasteiger charge is 2.53. The van der Waals surface area contributed by atoms with Crippen LogP contribution in [0.2, 0.25) is 0 Å². The molecule has 45 heavy (non-hydrogen) atoms. The molecule has 1 aromatic carbocycles. The molecule has 0 bridgehead atoms. The van der Waals surface area contributed by atoms with Gasteiger partial charge in [-0.25, -0.2) is 14.6 Å². The van der Waals surface area contributed by atoms with Gasteiger partial charge in [0.2, 0.25) is 11.8 Å². The number of benzene rings is 1. The smallest absolute Gasteiger partial charge is 0.406 e. The number of nitrogen functional groups attached to an aromatic ring is 1. The van der Waals surface area contributed by atoms with Crippen LogP contribution in [-0.2, 0) is 27.9 Å². The second-order valence-corrected chi connectivity index (χ2v) is 13.3. The summed E-state index contributed by atoms with van der Waals surface area (Å²) in [4.78, 5) is 25.3. The minimum absolute atomic E-state index is 0.0522. The summed E-state index contributed by atoms with van der Waals surface area (Å²) in [5.74, 6) is -0.514. The number of hydrogen-bond donors (Lipinski definition) is 4. The Balaban J connectivity index is 1.60. The maximum atomic E-state index is 14.4. The van der Waals surface area contributed by atoms with E-state index >= 15 is 0 Å². The van der Waals surface area contributed by atoms with Crippen molar-refractivity contribution in [2.45, 2.75) is 96.1 Å². The highest BCUT2D eigenvalue weighted by atomic mass is 31.2. The minimum atomic E-state index is -4.25. The van der Waals surface area contributed by atoms with Gasteiger partial charge in [-0.05, 0) is 39.7 Å². The number of nitrogens with one attached hydrogen (secondary N) is 1. The number of carbonyl (C=O) groups is 1. The number of aromatic nitrogens is 4. The molecule has 0 saturated carbocycles. The fraction of sp³-hybridized carbons (Fsp3) is 0.586. The Labute approximate surface area is 262 Å². The molecule has 0 amide bonds. The largest absolute Gasteiger partial charge is 0.479 e. The third-order valence-corrected chi connectivity index (χ3v) is 9.13. The average Bonchev–Trinajstić information content (AvgIpc) is 3.50. The zero-order valence-corrected chi connectivity index (χ0v) is 27.3. The first-order valence-electron chi connectivity index (χ1n) is 14.9. The van der Waals surface area contributed by atoms with Gasteiger partial charge in [0.25, 0.3) is 0 Å². The van der Waals surface area contributed by atoms with Crippen LogP contribution in [0.15, 0.2) is 36.7 Å². The first kappa shape index (κ1) is 34.7. The molecule has 7 atom stereocenters. The molecule has 1 aliphatic heterocycles. The number of aliphatic hydroxyl groups is 1. The van der Waals surface area contributed by atoms with E-state index in [2.05, 4.69) is 20.0 Å². The van der Waals surface area contributed by atoms with Gasteiger partial charge in [0.05, 0.1) is 37.8 Å². The third-order valence-electron chi connectivity index (χ3n) is 7.40. The van der Waals surface area contributed by atoms with E-state index in [4.69, 9.17) is 34.7 Å². The van der Waals surface area contributed by atoms with Crippen LogP contribution >= 0.6 is 7.75 Å². The van der Waals surface area contributed by atoms with E-state index in [1.165, 1.54) is 24.9 Å². The summed E-state index contributed by atoms with van der Waals surface area (Å²) in [5, 5.41) is 14.0. The van der Waals surface area contributed by atoms with Crippen molar-refractivity contribution in [3.63, 3.8) is 0 Å². The molecule has 0 spiro atoms. The number of nitrogens with zero attached hydrogens (tertiary/aromatic N) is 4. The predicted molar refractivity (Wildman–Crippen MR) is 166 cm³/mol. The summed E-state index contributed by atoms with van der Waals surface area (Å²) in [6.45, 7) is 8.18. The second-order valence-electron chi connectivity index (χ2n) is 11.5. The molecule has 4 rings (SSSR count). The lowest BCUT2D eigenvalue weighted by Gasteiger charge is -2.29. The van der Waals surface area contributed by atoms with Crippen molar-refractivity contribution in [1.82, 2.24) is 24.6 Å². The van der Waals surface area contributed by atoms with Crippen LogP contribution in [0.4, 0.5) is 5.95 Å². The summed E-state index contributed by atoms with van der Waals surface area (Å²) in [6.07, 6.45) is -0.681. The van der Waals surface area contributed by atoms with Gasteiger partial charge < -0.3 is 30.8 Å². The van der Waals surface area contributed by atoms with E-state index in [1.54, 1.807) is 20.8 Å². The van der Waals surface area contributed by atoms with Gasteiger partial charge in [0.15, 0.2) is 17.4 Å². The SMILES string of the molecule is CCCCC(OP(=O)(N[C@@H](C)C(=O)OC(C)C)OC[C@H]1O[C@@H](n2cnc3c(OC)nc(N)nc32)[C@](C)(N)[C@@H]1O)c1ccccc1. The molecule has 1 fully saturated rings. The zero-order chi connectivity index (χ0) is 32.9. The lowest BCUT2D eigenvalue weighted by atomic mass is 9.93. The molecule has 2 unspecified atom stereocenters. The molecule has 0 radical (unpaired) electrons. The quantitative estimate of drug-likeness (QED) is 0.137. The van der Waals surface area contributed by atoms with Gasteiger partial charge in [0, 0.05) is 0 Å². The Morgan fingerprint density at radius 2 is 1.96 bits per heavy atom. The number of nitrogens with two attached hydrogens (primary N) is 2. The number of esters is 1. The summed E-state index contributed by atoms with van der Waals surface area (Å²) >= 11 is 0. The summed E-state index contributed by atoms with van der Waals surface area (Å²) in [7, 11) is -2.82. The molecule has 15 nitrogen and oxygen atoms in total. The molecule has 1 aliphatic rings. The number of aliphatic hydroxyl groups excluding tert-OH is 1. The zero-order valence-electron chi connectivity index (χ0n) is 26.5. The number of rotatable bonds is 15. The average molecular weight is 650 g/mol. The fourth-order valence-corrected chi connectivity index (χ4v) is 6.73. The highest BCUT2D eigenvalue weighted by molar-refractivity contribution is 7.51. The van der Waals surface area contributed by atoms with E-state index in [-0.39, 0.29) is 23.6 Å². The molecule has 0 aliphatic carbocycles. The van der Waals surface area contributed by atoms with Crippen LogP contribution in [0.3, 0.4) is 0 Å². The topological polar surface area (TPSA) is 208 Å².